The molecule has 1 aliphatic carbocycles. The van der Waals surface area contributed by atoms with Crippen molar-refractivity contribution in [2.24, 2.45) is 5.92 Å². The molecule has 2 nitrogen and oxygen atoms in total. The molecule has 1 heterocycles. The number of hydrogen-bond donors (Lipinski definition) is 0. The summed E-state index contributed by atoms with van der Waals surface area (Å²) in [6.45, 7) is 4.08. The maximum absolute atomic E-state index is 5.81. The number of aryl methyl sites for hydroxylation is 1. The van der Waals surface area contributed by atoms with Crippen LogP contribution in [0.1, 0.15) is 32.6 Å². The Morgan fingerprint density at radius 1 is 1.28 bits per heavy atom. The summed E-state index contributed by atoms with van der Waals surface area (Å²) in [5.41, 5.74) is 1.31. The Labute approximate surface area is 109 Å². The summed E-state index contributed by atoms with van der Waals surface area (Å²) in [5.74, 6) is 2.02. The van der Waals surface area contributed by atoms with Crippen LogP contribution in [0.25, 0.3) is 10.9 Å². The van der Waals surface area contributed by atoms with Crippen LogP contribution < -0.4 is 4.74 Å². The lowest BCUT2D eigenvalue weighted by Crippen LogP contribution is -1.98. The molecule has 1 aromatic heterocycles. The van der Waals surface area contributed by atoms with Gasteiger partial charge in [0.15, 0.2) is 0 Å². The van der Waals surface area contributed by atoms with Crippen molar-refractivity contribution in [2.45, 2.75) is 39.2 Å². The van der Waals surface area contributed by atoms with Crippen molar-refractivity contribution in [3.05, 3.63) is 30.5 Å². The first-order valence-electron chi connectivity index (χ1n) is 7.09. The summed E-state index contributed by atoms with van der Waals surface area (Å²) in [6, 6.07) is 8.55. The zero-order valence-corrected chi connectivity index (χ0v) is 11.1. The fraction of sp³-hybridized carbons (Fsp3) is 0.500. The molecule has 96 valence electrons. The van der Waals surface area contributed by atoms with Gasteiger partial charge >= 0.3 is 0 Å². The average molecular weight is 243 g/mol. The number of fused-ring (bicyclic) bond motifs is 1. The Kier molecular flexibility index (Phi) is 3.26. The Balaban J connectivity index is 1.82. The van der Waals surface area contributed by atoms with Gasteiger partial charge in [-0.15, -0.1) is 0 Å². The summed E-state index contributed by atoms with van der Waals surface area (Å²) < 4.78 is 8.17. The second-order valence-electron chi connectivity index (χ2n) is 5.28. The van der Waals surface area contributed by atoms with Gasteiger partial charge in [0.2, 0.25) is 0 Å². The number of hydrogen-bond acceptors (Lipinski definition) is 1. The summed E-state index contributed by atoms with van der Waals surface area (Å²) >= 11 is 0. The number of benzene rings is 1. The molecular formula is C16H21NO. The molecule has 18 heavy (non-hydrogen) atoms. The van der Waals surface area contributed by atoms with E-state index in [0.29, 0.717) is 0 Å². The Bertz CT molecular complexity index is 525. The minimum Gasteiger partial charge on any atom is -0.493 e. The van der Waals surface area contributed by atoms with Crippen LogP contribution in [-0.4, -0.2) is 11.2 Å². The second-order valence-corrected chi connectivity index (χ2v) is 5.28. The first-order chi connectivity index (χ1) is 8.88. The van der Waals surface area contributed by atoms with E-state index in [1.54, 1.807) is 0 Å². The molecule has 0 saturated heterocycles. The largest absolute Gasteiger partial charge is 0.493 e. The maximum atomic E-state index is 5.81. The summed E-state index contributed by atoms with van der Waals surface area (Å²) in [6.07, 6.45) is 7.45. The molecule has 2 heteroatoms. The van der Waals surface area contributed by atoms with Crippen molar-refractivity contribution in [2.75, 3.05) is 6.61 Å². The predicted octanol–water partition coefficient (Wildman–Crippen LogP) is 4.23. The third-order valence-corrected chi connectivity index (χ3v) is 3.71. The molecule has 1 aromatic carbocycles. The molecule has 0 amide bonds. The SMILES string of the molecule is CCCOc1cccc2c1ccn2CCC1CC1. The molecule has 0 spiro atoms. The molecule has 0 aliphatic heterocycles. The maximum Gasteiger partial charge on any atom is 0.128 e. The van der Waals surface area contributed by atoms with Gasteiger partial charge < -0.3 is 9.30 Å². The first-order valence-corrected chi connectivity index (χ1v) is 7.09. The highest BCUT2D eigenvalue weighted by Crippen LogP contribution is 2.34. The molecule has 0 radical (unpaired) electrons. The Morgan fingerprint density at radius 2 is 2.17 bits per heavy atom. The molecule has 0 atom stereocenters. The highest BCUT2D eigenvalue weighted by molar-refractivity contribution is 5.86. The van der Waals surface area contributed by atoms with Gasteiger partial charge in [-0.2, -0.15) is 0 Å². The van der Waals surface area contributed by atoms with Crippen LogP contribution in [0.2, 0.25) is 0 Å². The van der Waals surface area contributed by atoms with Crippen molar-refractivity contribution in [3.63, 3.8) is 0 Å². The number of aromatic nitrogens is 1. The van der Waals surface area contributed by atoms with E-state index in [2.05, 4.69) is 42.0 Å². The zero-order chi connectivity index (χ0) is 12.4. The Hall–Kier alpha value is -1.44. The number of nitrogens with zero attached hydrogens (tertiary/aromatic N) is 1. The van der Waals surface area contributed by atoms with Gasteiger partial charge in [-0.25, -0.2) is 0 Å². The lowest BCUT2D eigenvalue weighted by Gasteiger charge is -2.08. The molecular weight excluding hydrogens is 222 g/mol. The highest BCUT2D eigenvalue weighted by Gasteiger charge is 2.20. The monoisotopic (exact) mass is 243 g/mol. The van der Waals surface area contributed by atoms with E-state index < -0.39 is 0 Å². The van der Waals surface area contributed by atoms with Gasteiger partial charge in [-0.05, 0) is 37.0 Å². The van der Waals surface area contributed by atoms with Crippen LogP contribution in [0.15, 0.2) is 30.5 Å². The minimum absolute atomic E-state index is 0.798. The quantitative estimate of drug-likeness (QED) is 0.740. The Morgan fingerprint density at radius 3 is 2.94 bits per heavy atom. The molecule has 0 unspecified atom stereocenters. The van der Waals surface area contributed by atoms with Crippen LogP contribution in [0.5, 0.6) is 5.75 Å². The van der Waals surface area contributed by atoms with Crippen molar-refractivity contribution < 1.29 is 4.74 Å². The van der Waals surface area contributed by atoms with Crippen LogP contribution >= 0.6 is 0 Å². The molecule has 1 fully saturated rings. The van der Waals surface area contributed by atoms with E-state index >= 15 is 0 Å². The van der Waals surface area contributed by atoms with Crippen molar-refractivity contribution in [1.29, 1.82) is 0 Å². The predicted molar refractivity (Wildman–Crippen MR) is 75.1 cm³/mol. The van der Waals surface area contributed by atoms with Crippen LogP contribution in [0.4, 0.5) is 0 Å². The van der Waals surface area contributed by atoms with Gasteiger partial charge in [0.25, 0.3) is 0 Å². The highest BCUT2D eigenvalue weighted by atomic mass is 16.5. The fourth-order valence-electron chi connectivity index (χ4n) is 2.46. The molecule has 1 saturated carbocycles. The molecule has 0 N–H and O–H groups in total. The minimum atomic E-state index is 0.798. The van der Waals surface area contributed by atoms with Gasteiger partial charge in [-0.1, -0.05) is 25.8 Å². The standard InChI is InChI=1S/C16H21NO/c1-2-12-18-16-5-3-4-15-14(16)9-11-17(15)10-8-13-6-7-13/h3-5,9,11,13H,2,6-8,10,12H2,1H3. The topological polar surface area (TPSA) is 14.2 Å². The van der Waals surface area contributed by atoms with E-state index in [9.17, 15) is 0 Å². The fourth-order valence-corrected chi connectivity index (χ4v) is 2.46. The third-order valence-electron chi connectivity index (χ3n) is 3.71. The van der Waals surface area contributed by atoms with E-state index in [-0.39, 0.29) is 0 Å². The van der Waals surface area contributed by atoms with Crippen molar-refractivity contribution in [1.82, 2.24) is 4.57 Å². The third kappa shape index (κ3) is 2.38. The number of rotatable bonds is 6. The van der Waals surface area contributed by atoms with E-state index in [1.807, 2.05) is 0 Å². The van der Waals surface area contributed by atoms with Crippen LogP contribution in [-0.2, 0) is 6.54 Å². The molecule has 3 rings (SSSR count). The summed E-state index contributed by atoms with van der Waals surface area (Å²) in [4.78, 5) is 0. The number of ether oxygens (including phenoxy) is 1. The smallest absolute Gasteiger partial charge is 0.128 e. The lowest BCUT2D eigenvalue weighted by atomic mass is 10.2. The summed E-state index contributed by atoms with van der Waals surface area (Å²) in [7, 11) is 0. The van der Waals surface area contributed by atoms with Crippen molar-refractivity contribution in [3.8, 4) is 5.75 Å². The zero-order valence-electron chi connectivity index (χ0n) is 11.1. The van der Waals surface area contributed by atoms with Gasteiger partial charge in [0.1, 0.15) is 5.75 Å². The van der Waals surface area contributed by atoms with Crippen molar-refractivity contribution >= 4 is 10.9 Å². The van der Waals surface area contributed by atoms with E-state index in [4.69, 9.17) is 4.74 Å². The van der Waals surface area contributed by atoms with Crippen LogP contribution in [0.3, 0.4) is 0 Å². The molecule has 0 bridgehead atoms. The molecule has 1 aliphatic rings. The first kappa shape index (κ1) is 11.6. The molecule has 2 aromatic rings. The van der Waals surface area contributed by atoms with Gasteiger partial charge in [0.05, 0.1) is 12.1 Å². The van der Waals surface area contributed by atoms with Crippen LogP contribution in [0, 0.1) is 5.92 Å². The van der Waals surface area contributed by atoms with Gasteiger partial charge in [0, 0.05) is 18.1 Å². The average Bonchev–Trinajstić information content (AvgIpc) is 3.14. The van der Waals surface area contributed by atoms with E-state index in [1.165, 1.54) is 30.2 Å². The normalized spacial score (nSPS) is 15.2. The summed E-state index contributed by atoms with van der Waals surface area (Å²) in [5, 5.41) is 1.25. The lowest BCUT2D eigenvalue weighted by molar-refractivity contribution is 0.321. The van der Waals surface area contributed by atoms with Gasteiger partial charge in [-0.3, -0.25) is 0 Å². The second kappa shape index (κ2) is 5.05. The van der Waals surface area contributed by atoms with E-state index in [0.717, 1.165) is 31.2 Å².